The van der Waals surface area contributed by atoms with Gasteiger partial charge in [0.2, 0.25) is 15.9 Å². The third-order valence-electron chi connectivity index (χ3n) is 2.81. The molecule has 1 N–H and O–H groups in total. The summed E-state index contributed by atoms with van der Waals surface area (Å²) in [6.07, 6.45) is 3.36. The minimum atomic E-state index is -3.48. The second kappa shape index (κ2) is 8.16. The van der Waals surface area contributed by atoms with Crippen molar-refractivity contribution in [1.29, 1.82) is 0 Å². The first kappa shape index (κ1) is 17.7. The number of sulfonamides is 1. The molecule has 1 aromatic heterocycles. The van der Waals surface area contributed by atoms with Gasteiger partial charge in [-0.1, -0.05) is 0 Å². The molecule has 0 saturated heterocycles. The highest BCUT2D eigenvalue weighted by Crippen LogP contribution is 2.08. The minimum Gasteiger partial charge on any atom is -0.468 e. The van der Waals surface area contributed by atoms with E-state index in [0.717, 1.165) is 23.5 Å². The van der Waals surface area contributed by atoms with E-state index in [-0.39, 0.29) is 19.0 Å². The van der Waals surface area contributed by atoms with E-state index in [0.29, 0.717) is 12.3 Å². The van der Waals surface area contributed by atoms with Gasteiger partial charge >= 0.3 is 0 Å². The molecule has 21 heavy (non-hydrogen) atoms. The smallest absolute Gasteiger partial charge is 0.235 e. The lowest BCUT2D eigenvalue weighted by Crippen LogP contribution is -2.40. The largest absolute Gasteiger partial charge is 0.468 e. The molecule has 0 radical (unpaired) electrons. The molecule has 0 aliphatic rings. The molecule has 120 valence electrons. The van der Waals surface area contributed by atoms with Gasteiger partial charge in [0.15, 0.2) is 0 Å². The summed E-state index contributed by atoms with van der Waals surface area (Å²) in [5, 5.41) is 2.72. The maximum atomic E-state index is 11.8. The number of nitrogens with zero attached hydrogens (tertiary/aromatic N) is 2. The molecule has 8 heteroatoms. The average molecular weight is 317 g/mol. The Labute approximate surface area is 126 Å². The molecule has 7 nitrogen and oxygen atoms in total. The van der Waals surface area contributed by atoms with Gasteiger partial charge < -0.3 is 14.6 Å². The Morgan fingerprint density at radius 2 is 2.10 bits per heavy atom. The van der Waals surface area contributed by atoms with E-state index >= 15 is 0 Å². The van der Waals surface area contributed by atoms with E-state index in [4.69, 9.17) is 4.42 Å². The van der Waals surface area contributed by atoms with Crippen LogP contribution < -0.4 is 5.32 Å². The van der Waals surface area contributed by atoms with Crippen molar-refractivity contribution in [3.8, 4) is 0 Å². The van der Waals surface area contributed by atoms with Gasteiger partial charge in [-0.3, -0.25) is 4.79 Å². The molecule has 0 spiro atoms. The number of nitrogens with one attached hydrogen (secondary N) is 1. The van der Waals surface area contributed by atoms with Gasteiger partial charge in [-0.15, -0.1) is 0 Å². The maximum Gasteiger partial charge on any atom is 0.235 e. The monoisotopic (exact) mass is 317 g/mol. The van der Waals surface area contributed by atoms with Gasteiger partial charge in [0.1, 0.15) is 5.76 Å². The van der Waals surface area contributed by atoms with Crippen LogP contribution >= 0.6 is 0 Å². The molecule has 1 rings (SSSR count). The molecule has 0 atom stereocenters. The van der Waals surface area contributed by atoms with E-state index in [1.807, 2.05) is 19.0 Å². The standard InChI is InChI=1S/C13H23N3O4S/c1-15(2)8-5-7-14-13(17)11-16(21(3,18)19)10-12-6-4-9-20-12/h4,6,9H,5,7-8,10-11H2,1-3H3,(H,14,17). The van der Waals surface area contributed by atoms with Crippen molar-refractivity contribution in [3.05, 3.63) is 24.2 Å². The SMILES string of the molecule is CN(C)CCCNC(=O)CN(Cc1ccco1)S(C)(=O)=O. The minimum absolute atomic E-state index is 0.0525. The molecule has 0 saturated carbocycles. The fraction of sp³-hybridized carbons (Fsp3) is 0.615. The summed E-state index contributed by atoms with van der Waals surface area (Å²) in [4.78, 5) is 13.8. The zero-order chi connectivity index (χ0) is 15.9. The van der Waals surface area contributed by atoms with Crippen molar-refractivity contribution in [1.82, 2.24) is 14.5 Å². The summed E-state index contributed by atoms with van der Waals surface area (Å²) in [5.74, 6) is 0.187. The second-order valence-corrected chi connectivity index (χ2v) is 7.10. The van der Waals surface area contributed by atoms with E-state index in [1.54, 1.807) is 12.1 Å². The fourth-order valence-corrected chi connectivity index (χ4v) is 2.42. The summed E-state index contributed by atoms with van der Waals surface area (Å²) in [6.45, 7) is 1.23. The van der Waals surface area contributed by atoms with Crippen LogP contribution in [-0.2, 0) is 21.4 Å². The first-order valence-electron chi connectivity index (χ1n) is 6.68. The molecular weight excluding hydrogens is 294 g/mol. The van der Waals surface area contributed by atoms with Crippen LogP contribution in [0.1, 0.15) is 12.2 Å². The normalized spacial score (nSPS) is 12.0. The van der Waals surface area contributed by atoms with Crippen molar-refractivity contribution in [2.24, 2.45) is 0 Å². The Balaban J connectivity index is 2.47. The molecule has 0 unspecified atom stereocenters. The van der Waals surface area contributed by atoms with E-state index in [9.17, 15) is 13.2 Å². The summed E-state index contributed by atoms with van der Waals surface area (Å²) < 4.78 is 29.6. The topological polar surface area (TPSA) is 82.9 Å². The highest BCUT2D eigenvalue weighted by atomic mass is 32.2. The third-order valence-corrected chi connectivity index (χ3v) is 4.00. The van der Waals surface area contributed by atoms with E-state index in [1.165, 1.54) is 6.26 Å². The predicted octanol–water partition coefficient (Wildman–Crippen LogP) is 0.109. The first-order valence-corrected chi connectivity index (χ1v) is 8.53. The molecule has 0 aliphatic heterocycles. The van der Waals surface area contributed by atoms with Crippen molar-refractivity contribution in [3.63, 3.8) is 0 Å². The molecule has 1 aromatic rings. The fourth-order valence-electron chi connectivity index (χ4n) is 1.71. The van der Waals surface area contributed by atoms with E-state index in [2.05, 4.69) is 5.32 Å². The van der Waals surface area contributed by atoms with Crippen molar-refractivity contribution in [2.45, 2.75) is 13.0 Å². The number of rotatable bonds is 9. The average Bonchev–Trinajstić information content (AvgIpc) is 2.85. The van der Waals surface area contributed by atoms with Gasteiger partial charge in [0.05, 0.1) is 25.6 Å². The first-order chi connectivity index (χ1) is 9.79. The van der Waals surface area contributed by atoms with Crippen LogP contribution in [0.4, 0.5) is 0 Å². The molecule has 1 amide bonds. The number of carbonyl (C=O) groups excluding carboxylic acids is 1. The van der Waals surface area contributed by atoms with Crippen LogP contribution in [0.25, 0.3) is 0 Å². The molecular formula is C13H23N3O4S. The van der Waals surface area contributed by atoms with Crippen LogP contribution in [0.3, 0.4) is 0 Å². The number of amides is 1. The Morgan fingerprint density at radius 3 is 2.62 bits per heavy atom. The molecule has 0 bridgehead atoms. The maximum absolute atomic E-state index is 11.8. The lowest BCUT2D eigenvalue weighted by Gasteiger charge is -2.18. The van der Waals surface area contributed by atoms with Gasteiger partial charge in [-0.25, -0.2) is 8.42 Å². The van der Waals surface area contributed by atoms with Crippen molar-refractivity contribution in [2.75, 3.05) is 40.0 Å². The Hall–Kier alpha value is -1.38. The van der Waals surface area contributed by atoms with Gasteiger partial charge in [0.25, 0.3) is 0 Å². The second-order valence-electron chi connectivity index (χ2n) is 5.12. The highest BCUT2D eigenvalue weighted by molar-refractivity contribution is 7.88. The van der Waals surface area contributed by atoms with Crippen LogP contribution in [0.5, 0.6) is 0 Å². The Bertz CT molecular complexity index is 526. The van der Waals surface area contributed by atoms with Crippen LogP contribution in [0, 0.1) is 0 Å². The van der Waals surface area contributed by atoms with Gasteiger partial charge in [0, 0.05) is 6.54 Å². The Kier molecular flexibility index (Phi) is 6.86. The van der Waals surface area contributed by atoms with E-state index < -0.39 is 10.0 Å². The molecule has 0 fully saturated rings. The number of hydrogen-bond donors (Lipinski definition) is 1. The summed E-state index contributed by atoms with van der Waals surface area (Å²) in [6, 6.07) is 3.35. The molecule has 1 heterocycles. The van der Waals surface area contributed by atoms with Crippen LogP contribution in [0.15, 0.2) is 22.8 Å². The molecule has 0 aliphatic carbocycles. The third kappa shape index (κ3) is 7.26. The van der Waals surface area contributed by atoms with Crippen molar-refractivity contribution >= 4 is 15.9 Å². The quantitative estimate of drug-likeness (QED) is 0.654. The zero-order valence-electron chi connectivity index (χ0n) is 12.7. The lowest BCUT2D eigenvalue weighted by molar-refractivity contribution is -0.121. The highest BCUT2D eigenvalue weighted by Gasteiger charge is 2.21. The summed E-state index contributed by atoms with van der Waals surface area (Å²) in [7, 11) is 0.434. The number of carbonyl (C=O) groups is 1. The van der Waals surface area contributed by atoms with Crippen LogP contribution in [-0.4, -0.2) is 63.5 Å². The lowest BCUT2D eigenvalue weighted by atomic mass is 10.4. The predicted molar refractivity (Wildman–Crippen MR) is 80.1 cm³/mol. The summed E-state index contributed by atoms with van der Waals surface area (Å²) >= 11 is 0. The number of furan rings is 1. The van der Waals surface area contributed by atoms with Crippen molar-refractivity contribution < 1.29 is 17.6 Å². The van der Waals surface area contributed by atoms with Gasteiger partial charge in [-0.2, -0.15) is 4.31 Å². The van der Waals surface area contributed by atoms with Crippen LogP contribution in [0.2, 0.25) is 0 Å². The molecule has 0 aromatic carbocycles. The summed E-state index contributed by atoms with van der Waals surface area (Å²) in [5.41, 5.74) is 0. The zero-order valence-corrected chi connectivity index (χ0v) is 13.5. The Morgan fingerprint density at radius 1 is 1.38 bits per heavy atom. The van der Waals surface area contributed by atoms with Gasteiger partial charge in [-0.05, 0) is 39.2 Å². The number of hydrogen-bond acceptors (Lipinski definition) is 5.